The van der Waals surface area contributed by atoms with E-state index >= 15 is 0 Å². The minimum atomic E-state index is 0.199. The number of hydrogen-bond acceptors (Lipinski definition) is 5. The van der Waals surface area contributed by atoms with E-state index in [2.05, 4.69) is 27.0 Å². The molecule has 0 unspecified atom stereocenters. The number of thioether (sulfide) groups is 1. The predicted octanol–water partition coefficient (Wildman–Crippen LogP) is 2.86. The summed E-state index contributed by atoms with van der Waals surface area (Å²) in [4.78, 5) is 20.3. The Bertz CT molecular complexity index is 506. The fourth-order valence-corrected chi connectivity index (χ4v) is 5.42. The molecule has 4 nitrogen and oxygen atoms in total. The van der Waals surface area contributed by atoms with E-state index < -0.39 is 0 Å². The van der Waals surface area contributed by atoms with Gasteiger partial charge in [-0.15, -0.1) is 11.3 Å². The number of hydrogen-bond donors (Lipinski definition) is 1. The number of nitrogens with zero attached hydrogens (tertiary/aromatic N) is 2. The largest absolute Gasteiger partial charge is 0.353 e. The second kappa shape index (κ2) is 8.49. The normalized spacial score (nSPS) is 21.4. The first kappa shape index (κ1) is 17.2. The lowest BCUT2D eigenvalue weighted by molar-refractivity contribution is -0.122. The quantitative estimate of drug-likeness (QED) is 0.884. The van der Waals surface area contributed by atoms with Gasteiger partial charge in [0.15, 0.2) is 0 Å². The Kier molecular flexibility index (Phi) is 6.36. The third-order valence-electron chi connectivity index (χ3n) is 5.03. The Morgan fingerprint density at radius 2 is 2.04 bits per heavy atom. The second-order valence-corrected chi connectivity index (χ2v) is 8.75. The van der Waals surface area contributed by atoms with Crippen LogP contribution in [0.5, 0.6) is 0 Å². The molecule has 0 aromatic carbocycles. The maximum atomic E-state index is 12.2. The molecule has 2 aliphatic heterocycles. The van der Waals surface area contributed by atoms with E-state index in [9.17, 15) is 4.79 Å². The van der Waals surface area contributed by atoms with Crippen LogP contribution in [0.4, 0.5) is 0 Å². The molecule has 6 heteroatoms. The predicted molar refractivity (Wildman–Crippen MR) is 98.3 cm³/mol. The van der Waals surface area contributed by atoms with E-state index in [0.717, 1.165) is 44.1 Å². The first-order valence-corrected chi connectivity index (χ1v) is 10.8. The Labute approximate surface area is 147 Å². The zero-order valence-corrected chi connectivity index (χ0v) is 15.6. The van der Waals surface area contributed by atoms with Crippen LogP contribution < -0.4 is 5.32 Å². The van der Waals surface area contributed by atoms with Gasteiger partial charge in [-0.2, -0.15) is 11.8 Å². The lowest BCUT2D eigenvalue weighted by Crippen LogP contribution is -2.48. The molecule has 0 spiro atoms. The molecule has 0 aliphatic carbocycles. The van der Waals surface area contributed by atoms with E-state index in [1.54, 1.807) is 11.3 Å². The molecule has 0 atom stereocenters. The molecular weight excluding hydrogens is 326 g/mol. The number of carbonyl (C=O) groups is 1. The number of likely N-dealkylation sites (tertiary alicyclic amines) is 1. The summed E-state index contributed by atoms with van der Waals surface area (Å²) in [7, 11) is 0. The van der Waals surface area contributed by atoms with Gasteiger partial charge in [0.2, 0.25) is 5.91 Å². The second-order valence-electron chi connectivity index (χ2n) is 6.58. The molecule has 1 N–H and O–H groups in total. The minimum Gasteiger partial charge on any atom is -0.353 e. The fourth-order valence-electron chi connectivity index (χ4n) is 3.55. The topological polar surface area (TPSA) is 45.2 Å². The van der Waals surface area contributed by atoms with Gasteiger partial charge in [-0.1, -0.05) is 0 Å². The highest BCUT2D eigenvalue weighted by Crippen LogP contribution is 2.24. The third kappa shape index (κ3) is 4.94. The highest BCUT2D eigenvalue weighted by atomic mass is 32.2. The van der Waals surface area contributed by atoms with Crippen molar-refractivity contribution < 1.29 is 4.79 Å². The van der Waals surface area contributed by atoms with Gasteiger partial charge in [0.1, 0.15) is 0 Å². The molecule has 3 rings (SSSR count). The molecule has 1 aromatic rings. The van der Waals surface area contributed by atoms with Gasteiger partial charge in [-0.05, 0) is 50.5 Å². The summed E-state index contributed by atoms with van der Waals surface area (Å²) in [5.74, 6) is 2.83. The van der Waals surface area contributed by atoms with Crippen molar-refractivity contribution in [3.63, 3.8) is 0 Å². The van der Waals surface area contributed by atoms with Crippen molar-refractivity contribution >= 4 is 29.0 Å². The van der Waals surface area contributed by atoms with E-state index in [-0.39, 0.29) is 5.91 Å². The van der Waals surface area contributed by atoms with Crippen LogP contribution in [-0.2, 0) is 11.2 Å². The molecule has 23 heavy (non-hydrogen) atoms. The highest BCUT2D eigenvalue weighted by molar-refractivity contribution is 7.99. The SMILES string of the molecule is Cc1ncsc1CCC(=O)NC1CCN(C2CCSCC2)CC1. The van der Waals surface area contributed by atoms with Crippen LogP contribution in [0.3, 0.4) is 0 Å². The number of carbonyl (C=O) groups excluding carboxylic acids is 1. The summed E-state index contributed by atoms with van der Waals surface area (Å²) in [5.41, 5.74) is 2.93. The molecule has 0 radical (unpaired) electrons. The zero-order chi connectivity index (χ0) is 16.1. The minimum absolute atomic E-state index is 0.199. The number of piperidine rings is 1. The number of aromatic nitrogens is 1. The first-order chi connectivity index (χ1) is 11.2. The van der Waals surface area contributed by atoms with Crippen molar-refractivity contribution in [3.05, 3.63) is 16.1 Å². The Morgan fingerprint density at radius 1 is 1.30 bits per heavy atom. The smallest absolute Gasteiger partial charge is 0.220 e. The molecule has 2 fully saturated rings. The Morgan fingerprint density at radius 3 is 2.70 bits per heavy atom. The Balaban J connectivity index is 1.36. The number of nitrogens with one attached hydrogen (secondary N) is 1. The highest BCUT2D eigenvalue weighted by Gasteiger charge is 2.26. The van der Waals surface area contributed by atoms with Gasteiger partial charge in [-0.25, -0.2) is 4.98 Å². The van der Waals surface area contributed by atoms with Crippen LogP contribution in [-0.4, -0.2) is 52.5 Å². The standard InChI is InChI=1S/C17H27N3OS2/c1-13-16(23-12-18-13)2-3-17(21)19-14-4-8-20(9-5-14)15-6-10-22-11-7-15/h12,14-15H,2-11H2,1H3,(H,19,21). The monoisotopic (exact) mass is 353 g/mol. The van der Waals surface area contributed by atoms with Crippen LogP contribution in [0.15, 0.2) is 5.51 Å². The number of amides is 1. The fraction of sp³-hybridized carbons (Fsp3) is 0.765. The zero-order valence-electron chi connectivity index (χ0n) is 13.9. The van der Waals surface area contributed by atoms with E-state index in [0.29, 0.717) is 12.5 Å². The molecule has 0 bridgehead atoms. The molecule has 2 saturated heterocycles. The van der Waals surface area contributed by atoms with Crippen molar-refractivity contribution in [1.29, 1.82) is 0 Å². The molecule has 0 saturated carbocycles. The summed E-state index contributed by atoms with van der Waals surface area (Å²) < 4.78 is 0. The number of thiazole rings is 1. The molecule has 2 aliphatic rings. The lowest BCUT2D eigenvalue weighted by atomic mass is 10.0. The number of rotatable bonds is 5. The van der Waals surface area contributed by atoms with Crippen LogP contribution in [0.1, 0.15) is 42.7 Å². The van der Waals surface area contributed by atoms with Gasteiger partial charge in [0.25, 0.3) is 0 Å². The summed E-state index contributed by atoms with van der Waals surface area (Å²) in [6.45, 7) is 4.31. The maximum Gasteiger partial charge on any atom is 0.220 e. The van der Waals surface area contributed by atoms with Crippen molar-refractivity contribution in [3.8, 4) is 0 Å². The molecule has 1 amide bonds. The first-order valence-electron chi connectivity index (χ1n) is 8.72. The van der Waals surface area contributed by atoms with Gasteiger partial charge in [0.05, 0.1) is 11.2 Å². The van der Waals surface area contributed by atoms with Crippen LogP contribution in [0, 0.1) is 6.92 Å². The molecule has 1 aromatic heterocycles. The summed E-state index contributed by atoms with van der Waals surface area (Å²) >= 11 is 3.74. The average molecular weight is 354 g/mol. The van der Waals surface area contributed by atoms with E-state index in [1.165, 1.54) is 29.2 Å². The van der Waals surface area contributed by atoms with Gasteiger partial charge >= 0.3 is 0 Å². The van der Waals surface area contributed by atoms with Crippen molar-refractivity contribution in [1.82, 2.24) is 15.2 Å². The van der Waals surface area contributed by atoms with E-state index in [4.69, 9.17) is 0 Å². The maximum absolute atomic E-state index is 12.2. The molecule has 128 valence electrons. The van der Waals surface area contributed by atoms with Gasteiger partial charge in [-0.3, -0.25) is 4.79 Å². The summed E-state index contributed by atoms with van der Waals surface area (Å²) in [6.07, 6.45) is 6.31. The summed E-state index contributed by atoms with van der Waals surface area (Å²) in [6, 6.07) is 1.17. The summed E-state index contributed by atoms with van der Waals surface area (Å²) in [5, 5.41) is 3.24. The average Bonchev–Trinajstić information content (AvgIpc) is 3.00. The van der Waals surface area contributed by atoms with Crippen LogP contribution in [0.25, 0.3) is 0 Å². The van der Waals surface area contributed by atoms with E-state index in [1.807, 2.05) is 12.4 Å². The Hall–Kier alpha value is -0.590. The van der Waals surface area contributed by atoms with Crippen molar-refractivity contribution in [2.45, 2.75) is 57.5 Å². The molecular formula is C17H27N3OS2. The van der Waals surface area contributed by atoms with Gasteiger partial charge < -0.3 is 10.2 Å². The number of aryl methyl sites for hydroxylation is 2. The van der Waals surface area contributed by atoms with Crippen molar-refractivity contribution in [2.75, 3.05) is 24.6 Å². The lowest BCUT2D eigenvalue weighted by Gasteiger charge is -2.39. The molecule has 3 heterocycles. The van der Waals surface area contributed by atoms with Gasteiger partial charge in [0, 0.05) is 36.5 Å². The van der Waals surface area contributed by atoms with Crippen LogP contribution >= 0.6 is 23.1 Å². The third-order valence-corrected chi connectivity index (χ3v) is 7.07. The van der Waals surface area contributed by atoms with Crippen molar-refractivity contribution in [2.24, 2.45) is 0 Å². The van der Waals surface area contributed by atoms with Crippen LogP contribution in [0.2, 0.25) is 0 Å².